The largest absolute Gasteiger partial charge is 0.496 e. The Morgan fingerprint density at radius 2 is 2.07 bits per heavy atom. The van der Waals surface area contributed by atoms with Crippen LogP contribution in [-0.4, -0.2) is 15.5 Å². The topological polar surface area (TPSA) is 43.4 Å². The van der Waals surface area contributed by atoms with Crippen molar-refractivity contribution in [1.29, 1.82) is 0 Å². The second-order valence-electron chi connectivity index (χ2n) is 2.73. The molecule has 0 aliphatic rings. The van der Waals surface area contributed by atoms with Gasteiger partial charge in [-0.05, 0) is 12.1 Å². The lowest BCUT2D eigenvalue weighted by Crippen LogP contribution is -2.01. The molecule has 0 aromatic heterocycles. The third kappa shape index (κ3) is 3.04. The van der Waals surface area contributed by atoms with E-state index in [1.54, 1.807) is 0 Å². The van der Waals surface area contributed by atoms with Crippen molar-refractivity contribution >= 4 is 21.8 Å². The molecule has 0 aliphatic heterocycles. The number of ether oxygens (including phenoxy) is 1. The first-order valence-corrected chi connectivity index (χ1v) is 5.71. The Hall–Kier alpha value is -0.880. The first-order chi connectivity index (χ1) is 6.85. The monoisotopic (exact) mass is 256 g/mol. The molecule has 1 aromatic carbocycles. The van der Waals surface area contributed by atoms with Crippen LogP contribution < -0.4 is 4.74 Å². The Labute approximate surface area is 90.8 Å². The Kier molecular flexibility index (Phi) is 3.51. The predicted octanol–water partition coefficient (Wildman–Crippen LogP) is 2.29. The molecular weight excluding hydrogens is 250 g/mol. The summed E-state index contributed by atoms with van der Waals surface area (Å²) in [6.45, 7) is 0. The van der Waals surface area contributed by atoms with E-state index in [0.717, 1.165) is 6.07 Å². The maximum Gasteiger partial charge on any atom is 0.306 e. The van der Waals surface area contributed by atoms with Crippen molar-refractivity contribution in [2.75, 3.05) is 7.11 Å². The van der Waals surface area contributed by atoms with Crippen LogP contribution in [0.5, 0.6) is 5.75 Å². The third-order valence-electron chi connectivity index (χ3n) is 1.69. The standard InChI is InChI=1S/C8H7ClF2O3S/c1-14-7-3-2-6(10)8(9)5(7)4-15(11,12)13/h2-3H,4H2,1H3. The van der Waals surface area contributed by atoms with E-state index in [9.17, 15) is 16.7 Å². The summed E-state index contributed by atoms with van der Waals surface area (Å²) in [5, 5.41) is -0.449. The maximum absolute atomic E-state index is 13.0. The molecule has 7 heteroatoms. The fourth-order valence-corrected chi connectivity index (χ4v) is 2.01. The minimum Gasteiger partial charge on any atom is -0.496 e. The van der Waals surface area contributed by atoms with Crippen LogP contribution >= 0.6 is 11.6 Å². The minimum absolute atomic E-state index is 0.0302. The fourth-order valence-electron chi connectivity index (χ4n) is 1.07. The Bertz CT molecular complexity index is 473. The molecule has 0 fully saturated rings. The number of halogens is 3. The Morgan fingerprint density at radius 1 is 1.47 bits per heavy atom. The molecule has 0 amide bonds. The summed E-state index contributed by atoms with van der Waals surface area (Å²) < 4.78 is 51.0. The first kappa shape index (κ1) is 12.2. The van der Waals surface area contributed by atoms with Gasteiger partial charge in [-0.25, -0.2) is 4.39 Å². The van der Waals surface area contributed by atoms with Gasteiger partial charge in [0.05, 0.1) is 12.1 Å². The smallest absolute Gasteiger partial charge is 0.306 e. The molecule has 0 radical (unpaired) electrons. The summed E-state index contributed by atoms with van der Waals surface area (Å²) in [5.41, 5.74) is -0.221. The molecule has 0 aliphatic carbocycles. The van der Waals surface area contributed by atoms with E-state index in [4.69, 9.17) is 16.3 Å². The maximum atomic E-state index is 13.0. The van der Waals surface area contributed by atoms with E-state index in [1.165, 1.54) is 13.2 Å². The van der Waals surface area contributed by atoms with Gasteiger partial charge in [0.25, 0.3) is 0 Å². The molecule has 0 unspecified atom stereocenters. The Morgan fingerprint density at radius 3 is 2.53 bits per heavy atom. The van der Waals surface area contributed by atoms with Crippen LogP contribution in [0.25, 0.3) is 0 Å². The van der Waals surface area contributed by atoms with Crippen molar-refractivity contribution in [2.24, 2.45) is 0 Å². The highest BCUT2D eigenvalue weighted by atomic mass is 35.5. The average Bonchev–Trinajstić information content (AvgIpc) is 2.11. The highest BCUT2D eigenvalue weighted by molar-refractivity contribution is 7.85. The number of rotatable bonds is 3. The molecule has 0 N–H and O–H groups in total. The summed E-state index contributed by atoms with van der Waals surface area (Å²) in [5.74, 6) is -1.80. The minimum atomic E-state index is -4.78. The molecular formula is C8H7ClF2O3S. The van der Waals surface area contributed by atoms with Crippen molar-refractivity contribution in [2.45, 2.75) is 5.75 Å². The summed E-state index contributed by atoms with van der Waals surface area (Å²) in [6, 6.07) is 2.19. The second-order valence-corrected chi connectivity index (χ2v) is 4.47. The van der Waals surface area contributed by atoms with Gasteiger partial charge in [0.15, 0.2) is 0 Å². The van der Waals surface area contributed by atoms with Crippen LogP contribution in [0.1, 0.15) is 5.56 Å². The quantitative estimate of drug-likeness (QED) is 0.780. The van der Waals surface area contributed by atoms with Gasteiger partial charge in [-0.2, -0.15) is 8.42 Å². The van der Waals surface area contributed by atoms with E-state index in [1.807, 2.05) is 0 Å². The van der Waals surface area contributed by atoms with Gasteiger partial charge in [-0.15, -0.1) is 3.89 Å². The highest BCUT2D eigenvalue weighted by Gasteiger charge is 2.19. The molecule has 1 aromatic rings. The first-order valence-electron chi connectivity index (χ1n) is 3.78. The molecule has 0 atom stereocenters. The summed E-state index contributed by atoms with van der Waals surface area (Å²) in [7, 11) is -3.53. The van der Waals surface area contributed by atoms with E-state index in [-0.39, 0.29) is 11.3 Å². The molecule has 0 heterocycles. The van der Waals surface area contributed by atoms with Crippen LogP contribution in [0, 0.1) is 5.82 Å². The van der Waals surface area contributed by atoms with Crippen LogP contribution in [0.2, 0.25) is 5.02 Å². The van der Waals surface area contributed by atoms with Crippen LogP contribution in [0.15, 0.2) is 12.1 Å². The second kappa shape index (κ2) is 4.32. The number of benzene rings is 1. The molecule has 0 saturated heterocycles. The van der Waals surface area contributed by atoms with Gasteiger partial charge in [-0.1, -0.05) is 11.6 Å². The van der Waals surface area contributed by atoms with Gasteiger partial charge in [-0.3, -0.25) is 0 Å². The summed E-state index contributed by atoms with van der Waals surface area (Å²) in [4.78, 5) is 0. The van der Waals surface area contributed by atoms with Crippen molar-refractivity contribution in [1.82, 2.24) is 0 Å². The van der Waals surface area contributed by atoms with E-state index in [2.05, 4.69) is 0 Å². The fraction of sp³-hybridized carbons (Fsp3) is 0.250. The molecule has 84 valence electrons. The lowest BCUT2D eigenvalue weighted by Gasteiger charge is -2.08. The molecule has 0 bridgehead atoms. The van der Waals surface area contributed by atoms with Crippen molar-refractivity contribution < 1.29 is 21.4 Å². The highest BCUT2D eigenvalue weighted by Crippen LogP contribution is 2.30. The van der Waals surface area contributed by atoms with Gasteiger partial charge >= 0.3 is 10.2 Å². The van der Waals surface area contributed by atoms with Gasteiger partial charge < -0.3 is 4.74 Å². The van der Waals surface area contributed by atoms with E-state index in [0.29, 0.717) is 0 Å². The van der Waals surface area contributed by atoms with Crippen molar-refractivity contribution in [3.8, 4) is 5.75 Å². The molecule has 0 spiro atoms. The van der Waals surface area contributed by atoms with Crippen molar-refractivity contribution in [3.63, 3.8) is 0 Å². The third-order valence-corrected chi connectivity index (χ3v) is 2.73. The number of hydrogen-bond acceptors (Lipinski definition) is 3. The Balaban J connectivity index is 3.30. The van der Waals surface area contributed by atoms with Crippen LogP contribution in [0.4, 0.5) is 8.28 Å². The number of hydrogen-bond donors (Lipinski definition) is 0. The van der Waals surface area contributed by atoms with Crippen molar-refractivity contribution in [3.05, 3.63) is 28.5 Å². The SMILES string of the molecule is COc1ccc(F)c(Cl)c1CS(=O)(=O)F. The van der Waals surface area contributed by atoms with Crippen LogP contribution in [0.3, 0.4) is 0 Å². The van der Waals surface area contributed by atoms with E-state index < -0.39 is 26.8 Å². The normalized spacial score (nSPS) is 11.5. The zero-order valence-electron chi connectivity index (χ0n) is 7.63. The number of methoxy groups -OCH3 is 1. The predicted molar refractivity (Wildman–Crippen MR) is 51.7 cm³/mol. The molecule has 3 nitrogen and oxygen atoms in total. The lowest BCUT2D eigenvalue weighted by atomic mass is 10.2. The summed E-state index contributed by atoms with van der Waals surface area (Å²) in [6.07, 6.45) is 0. The van der Waals surface area contributed by atoms with Gasteiger partial charge in [0, 0.05) is 5.56 Å². The zero-order valence-corrected chi connectivity index (χ0v) is 9.20. The van der Waals surface area contributed by atoms with Gasteiger partial charge in [0.1, 0.15) is 17.3 Å². The molecule has 0 saturated carbocycles. The van der Waals surface area contributed by atoms with Crippen LogP contribution in [-0.2, 0) is 16.0 Å². The molecule has 15 heavy (non-hydrogen) atoms. The lowest BCUT2D eigenvalue weighted by molar-refractivity contribution is 0.409. The summed E-state index contributed by atoms with van der Waals surface area (Å²) >= 11 is 5.50. The van der Waals surface area contributed by atoms with Gasteiger partial charge in [0.2, 0.25) is 0 Å². The average molecular weight is 257 g/mol. The zero-order chi connectivity index (χ0) is 11.6. The van der Waals surface area contributed by atoms with E-state index >= 15 is 0 Å². The molecule has 1 rings (SSSR count).